The second-order valence-corrected chi connectivity index (χ2v) is 14.5. The first-order valence-corrected chi connectivity index (χ1v) is 18.0. The lowest BCUT2D eigenvalue weighted by Crippen LogP contribution is -2.16. The van der Waals surface area contributed by atoms with Gasteiger partial charge in [0.25, 0.3) is 10.1 Å². The average molecular weight is 648 g/mol. The highest BCUT2D eigenvalue weighted by Gasteiger charge is 2.37. The SMILES string of the molecule is CCn1/c(=C/C=C2C(Cl)=C(/C=C/C3=[N+](CC)c4cccc5c(C)ccc3c45)C3CCC/2C3)c2ccc(S(=O)(=O)O)c3cccc1c32. The van der Waals surface area contributed by atoms with Gasteiger partial charge in [-0.2, -0.15) is 13.0 Å². The molecule has 7 heteroatoms. The maximum Gasteiger partial charge on any atom is 0.295 e. The van der Waals surface area contributed by atoms with Crippen molar-refractivity contribution in [1.82, 2.24) is 4.57 Å². The lowest BCUT2D eigenvalue weighted by Gasteiger charge is -2.24. The summed E-state index contributed by atoms with van der Waals surface area (Å²) in [5.74, 6) is 0.867. The molecule has 1 aromatic heterocycles. The lowest BCUT2D eigenvalue weighted by molar-refractivity contribution is -0.430. The van der Waals surface area contributed by atoms with Crippen LogP contribution in [0.25, 0.3) is 38.5 Å². The molecule has 1 N–H and O–H groups in total. The van der Waals surface area contributed by atoms with Crippen LogP contribution >= 0.6 is 11.6 Å². The molecule has 5 nitrogen and oxygen atoms in total. The topological polar surface area (TPSA) is 62.3 Å². The Morgan fingerprint density at radius 3 is 2.48 bits per heavy atom. The van der Waals surface area contributed by atoms with Crippen molar-refractivity contribution < 1.29 is 17.5 Å². The highest BCUT2D eigenvalue weighted by Crippen LogP contribution is 2.50. The Morgan fingerprint density at radius 1 is 0.913 bits per heavy atom. The third-order valence-electron chi connectivity index (χ3n) is 10.5. The van der Waals surface area contributed by atoms with Gasteiger partial charge in [0.05, 0.1) is 10.9 Å². The van der Waals surface area contributed by atoms with E-state index in [2.05, 4.69) is 84.5 Å². The van der Waals surface area contributed by atoms with Crippen molar-refractivity contribution in [2.24, 2.45) is 11.8 Å². The number of hydrogen-bond acceptors (Lipinski definition) is 2. The zero-order chi connectivity index (χ0) is 31.9. The van der Waals surface area contributed by atoms with E-state index in [1.165, 1.54) is 50.5 Å². The fourth-order valence-electron chi connectivity index (χ4n) is 8.41. The quantitative estimate of drug-likeness (QED) is 0.148. The second-order valence-electron chi connectivity index (χ2n) is 12.8. The fourth-order valence-corrected chi connectivity index (χ4v) is 9.54. The molecule has 0 saturated heterocycles. The molecule has 232 valence electrons. The number of hydrogen-bond donors (Lipinski definition) is 1. The van der Waals surface area contributed by atoms with Crippen LogP contribution in [0.3, 0.4) is 0 Å². The van der Waals surface area contributed by atoms with Gasteiger partial charge in [-0.05, 0) is 98.2 Å². The highest BCUT2D eigenvalue weighted by molar-refractivity contribution is 7.86. The second kappa shape index (κ2) is 10.8. The average Bonchev–Trinajstić information content (AvgIpc) is 3.71. The Kier molecular flexibility index (Phi) is 6.91. The molecule has 0 amide bonds. The summed E-state index contributed by atoms with van der Waals surface area (Å²) in [6, 6.07) is 20.0. The monoisotopic (exact) mass is 647 g/mol. The Bertz CT molecular complexity index is 2430. The molecule has 5 aromatic rings. The van der Waals surface area contributed by atoms with Crippen LogP contribution in [0.4, 0.5) is 5.69 Å². The molecule has 2 bridgehead atoms. The van der Waals surface area contributed by atoms with Gasteiger partial charge in [-0.1, -0.05) is 60.2 Å². The molecule has 2 atom stereocenters. The van der Waals surface area contributed by atoms with Crippen LogP contribution in [0.5, 0.6) is 0 Å². The predicted molar refractivity (Wildman–Crippen MR) is 189 cm³/mol. The molecule has 1 aliphatic heterocycles. The van der Waals surface area contributed by atoms with Crippen molar-refractivity contribution >= 4 is 71.6 Å². The number of rotatable bonds is 6. The van der Waals surface area contributed by atoms with Crippen LogP contribution in [0.2, 0.25) is 0 Å². The van der Waals surface area contributed by atoms with Gasteiger partial charge in [-0.15, -0.1) is 0 Å². The molecule has 0 radical (unpaired) electrons. The molecule has 0 spiro atoms. The number of halogens is 1. The minimum absolute atomic E-state index is 0.0633. The summed E-state index contributed by atoms with van der Waals surface area (Å²) in [6.45, 7) is 8.08. The molecule has 1 saturated carbocycles. The van der Waals surface area contributed by atoms with Crippen LogP contribution in [0.15, 0.2) is 100.0 Å². The van der Waals surface area contributed by atoms with E-state index >= 15 is 0 Å². The van der Waals surface area contributed by atoms with E-state index in [1.54, 1.807) is 6.07 Å². The van der Waals surface area contributed by atoms with E-state index in [0.717, 1.165) is 52.5 Å². The summed E-state index contributed by atoms with van der Waals surface area (Å²) >= 11 is 7.32. The molecule has 46 heavy (non-hydrogen) atoms. The number of allylic oxidation sites excluding steroid dienone is 6. The van der Waals surface area contributed by atoms with Gasteiger partial charge in [0.1, 0.15) is 11.4 Å². The maximum atomic E-state index is 12.2. The summed E-state index contributed by atoms with van der Waals surface area (Å²) in [6.07, 6.45) is 12.2. The number of nitrogens with zero attached hydrogens (tertiary/aromatic N) is 2. The van der Waals surface area contributed by atoms with Gasteiger partial charge >= 0.3 is 0 Å². The first kappa shape index (κ1) is 29.4. The molecule has 8 rings (SSSR count). The third-order valence-corrected chi connectivity index (χ3v) is 11.8. The van der Waals surface area contributed by atoms with Gasteiger partial charge in [0, 0.05) is 50.7 Å². The Balaban J connectivity index is 1.26. The van der Waals surface area contributed by atoms with Crippen LogP contribution in [-0.4, -0.2) is 34.4 Å². The largest absolute Gasteiger partial charge is 0.341 e. The molecule has 4 aromatic carbocycles. The van der Waals surface area contributed by atoms with Gasteiger partial charge in [-0.3, -0.25) is 4.55 Å². The summed E-state index contributed by atoms with van der Waals surface area (Å²) in [5.41, 5.74) is 8.39. The van der Waals surface area contributed by atoms with E-state index in [9.17, 15) is 13.0 Å². The zero-order valence-corrected chi connectivity index (χ0v) is 27.8. The Morgan fingerprint density at radius 2 is 1.70 bits per heavy atom. The molecule has 2 aliphatic carbocycles. The lowest BCUT2D eigenvalue weighted by atomic mass is 9.84. The van der Waals surface area contributed by atoms with Crippen molar-refractivity contribution in [2.45, 2.75) is 51.5 Å². The number of benzene rings is 4. The van der Waals surface area contributed by atoms with E-state index in [1.807, 2.05) is 18.2 Å². The van der Waals surface area contributed by atoms with Crippen molar-refractivity contribution in [3.8, 4) is 0 Å². The van der Waals surface area contributed by atoms with Gasteiger partial charge in [0.15, 0.2) is 0 Å². The van der Waals surface area contributed by atoms with E-state index in [-0.39, 0.29) is 4.90 Å². The Labute approximate surface area is 274 Å². The normalized spacial score (nSPS) is 21.2. The van der Waals surface area contributed by atoms with Crippen LogP contribution in [0.1, 0.15) is 44.2 Å². The minimum Gasteiger partial charge on any atom is -0.341 e. The van der Waals surface area contributed by atoms with Crippen molar-refractivity contribution in [3.05, 3.63) is 112 Å². The molecular weight excluding hydrogens is 612 g/mol. The van der Waals surface area contributed by atoms with Crippen molar-refractivity contribution in [1.29, 1.82) is 0 Å². The Hall–Kier alpha value is -3.97. The van der Waals surface area contributed by atoms with Gasteiger partial charge < -0.3 is 4.57 Å². The van der Waals surface area contributed by atoms with E-state index < -0.39 is 10.1 Å². The summed E-state index contributed by atoms with van der Waals surface area (Å²) in [5, 5.41) is 6.84. The zero-order valence-electron chi connectivity index (χ0n) is 26.2. The predicted octanol–water partition coefficient (Wildman–Crippen LogP) is 8.59. The standard InChI is InChI=1S/C39H35ClN2O3S/c1-4-41-32(29-15-12-23(3)26-8-6-10-34(41)37(26)29)19-16-27-24-13-14-25(22-24)28(39(27)40)17-20-33-30-18-21-36(46(43,44)45)31-9-7-11-35(38(30)31)42(33)5-2/h6-12,15-21,24-25H,4-5,13-14,22H2,1-3H3/p+1. The van der Waals surface area contributed by atoms with E-state index in [0.29, 0.717) is 23.8 Å². The molecule has 3 aliphatic rings. The first-order chi connectivity index (χ1) is 22.2. The third kappa shape index (κ3) is 4.30. The molecule has 2 heterocycles. The number of aryl methyl sites for hydroxylation is 2. The van der Waals surface area contributed by atoms with Crippen LogP contribution in [-0.2, 0) is 16.7 Å². The summed E-state index contributed by atoms with van der Waals surface area (Å²) in [7, 11) is -4.36. The van der Waals surface area contributed by atoms with Gasteiger partial charge in [-0.25, -0.2) is 0 Å². The summed E-state index contributed by atoms with van der Waals surface area (Å²) in [4.78, 5) is -0.0633. The van der Waals surface area contributed by atoms with Gasteiger partial charge in [0.2, 0.25) is 11.4 Å². The van der Waals surface area contributed by atoms with E-state index in [4.69, 9.17) is 11.6 Å². The first-order valence-electron chi connectivity index (χ1n) is 16.2. The number of fused-ring (bicyclic) bond motifs is 2. The highest BCUT2D eigenvalue weighted by atomic mass is 35.5. The van der Waals surface area contributed by atoms with Crippen LogP contribution < -0.4 is 5.35 Å². The molecule has 2 unspecified atom stereocenters. The van der Waals surface area contributed by atoms with Crippen molar-refractivity contribution in [2.75, 3.05) is 6.54 Å². The fraction of sp³-hybridized carbons (Fsp3) is 0.256. The number of aromatic nitrogens is 1. The smallest absolute Gasteiger partial charge is 0.295 e. The minimum atomic E-state index is -4.36. The summed E-state index contributed by atoms with van der Waals surface area (Å²) < 4.78 is 38.9. The van der Waals surface area contributed by atoms with Crippen molar-refractivity contribution in [3.63, 3.8) is 0 Å². The molecular formula is C39H36ClN2O3S+. The van der Waals surface area contributed by atoms with Crippen LogP contribution in [0, 0.1) is 18.8 Å². The maximum absolute atomic E-state index is 12.2. The molecule has 1 fully saturated rings.